The minimum Gasteiger partial charge on any atom is -0.480 e. The molecule has 0 spiro atoms. The molecule has 92 valence electrons. The third-order valence-electron chi connectivity index (χ3n) is 2.22. The number of halogens is 1. The fraction of sp³-hybridized carbons (Fsp3) is 0.333. The molecule has 0 saturated carbocycles. The van der Waals surface area contributed by atoms with Gasteiger partial charge in [-0.05, 0) is 53.1 Å². The van der Waals surface area contributed by atoms with E-state index in [4.69, 9.17) is 5.11 Å². The summed E-state index contributed by atoms with van der Waals surface area (Å²) in [6.07, 6.45) is 1.92. The van der Waals surface area contributed by atoms with Crippen molar-refractivity contribution in [3.63, 3.8) is 0 Å². The lowest BCUT2D eigenvalue weighted by molar-refractivity contribution is -0.137. The van der Waals surface area contributed by atoms with Crippen molar-refractivity contribution in [3.05, 3.63) is 33.4 Å². The molecule has 0 fully saturated rings. The van der Waals surface area contributed by atoms with Gasteiger partial charge in [0.1, 0.15) is 6.54 Å². The van der Waals surface area contributed by atoms with Gasteiger partial charge in [-0.2, -0.15) is 0 Å². The molecule has 0 aromatic heterocycles. The van der Waals surface area contributed by atoms with E-state index in [-0.39, 0.29) is 12.5 Å². The summed E-state index contributed by atoms with van der Waals surface area (Å²) < 4.78 is 1.19. The molecule has 1 aromatic carbocycles. The van der Waals surface area contributed by atoms with Crippen LogP contribution in [0, 0.1) is 3.57 Å². The number of nitrogens with one attached hydrogen (secondary N) is 1. The van der Waals surface area contributed by atoms with Crippen LogP contribution in [0.3, 0.4) is 0 Å². The van der Waals surface area contributed by atoms with E-state index in [9.17, 15) is 9.59 Å². The summed E-state index contributed by atoms with van der Waals surface area (Å²) >= 11 is 2.24. The number of carboxylic acids is 1. The molecule has 4 nitrogen and oxygen atoms in total. The Morgan fingerprint density at radius 2 is 1.88 bits per heavy atom. The van der Waals surface area contributed by atoms with Crippen LogP contribution < -0.4 is 5.32 Å². The molecule has 0 radical (unpaired) electrons. The summed E-state index contributed by atoms with van der Waals surface area (Å²) in [6.45, 7) is -0.303. The number of benzene rings is 1. The fourth-order valence-corrected chi connectivity index (χ4v) is 1.73. The van der Waals surface area contributed by atoms with Crippen LogP contribution in [-0.4, -0.2) is 23.5 Å². The molecule has 5 heteroatoms. The Hall–Kier alpha value is -1.11. The smallest absolute Gasteiger partial charge is 0.322 e. The van der Waals surface area contributed by atoms with E-state index in [0.717, 1.165) is 12.8 Å². The first-order valence-electron chi connectivity index (χ1n) is 5.31. The largest absolute Gasteiger partial charge is 0.480 e. The number of carbonyl (C=O) groups excluding carboxylic acids is 1. The first-order valence-corrected chi connectivity index (χ1v) is 6.39. The molecule has 0 bridgehead atoms. The Bertz CT molecular complexity index is 389. The summed E-state index contributed by atoms with van der Waals surface area (Å²) in [5.74, 6) is -1.23. The number of aryl methyl sites for hydroxylation is 1. The topological polar surface area (TPSA) is 66.4 Å². The van der Waals surface area contributed by atoms with Crippen molar-refractivity contribution in [2.75, 3.05) is 6.54 Å². The van der Waals surface area contributed by atoms with E-state index in [1.165, 1.54) is 9.13 Å². The third kappa shape index (κ3) is 6.25. The number of carboxylic acid groups (broad SMARTS) is 1. The Kier molecular flexibility index (Phi) is 5.96. The Morgan fingerprint density at radius 3 is 2.47 bits per heavy atom. The maximum Gasteiger partial charge on any atom is 0.322 e. The van der Waals surface area contributed by atoms with Gasteiger partial charge >= 0.3 is 5.97 Å². The van der Waals surface area contributed by atoms with Crippen LogP contribution in [0.25, 0.3) is 0 Å². The van der Waals surface area contributed by atoms with Gasteiger partial charge in [0.05, 0.1) is 0 Å². The number of carbonyl (C=O) groups is 2. The molecule has 0 unspecified atom stereocenters. The van der Waals surface area contributed by atoms with Gasteiger partial charge < -0.3 is 10.4 Å². The zero-order valence-corrected chi connectivity index (χ0v) is 11.4. The van der Waals surface area contributed by atoms with Gasteiger partial charge in [-0.3, -0.25) is 9.59 Å². The molecule has 0 aliphatic heterocycles. The molecule has 1 amide bonds. The number of aliphatic carboxylic acids is 1. The summed E-state index contributed by atoms with van der Waals surface area (Å²) in [5, 5.41) is 10.7. The van der Waals surface area contributed by atoms with Crippen molar-refractivity contribution < 1.29 is 14.7 Å². The van der Waals surface area contributed by atoms with Crippen LogP contribution in [0.15, 0.2) is 24.3 Å². The van der Waals surface area contributed by atoms with E-state index in [1.807, 2.05) is 24.3 Å². The lowest BCUT2D eigenvalue weighted by Gasteiger charge is -2.03. The molecular formula is C12H14INO3. The first kappa shape index (κ1) is 14.0. The van der Waals surface area contributed by atoms with E-state index in [0.29, 0.717) is 6.42 Å². The minimum atomic E-state index is -1.02. The van der Waals surface area contributed by atoms with Crippen molar-refractivity contribution >= 4 is 34.5 Å². The molecule has 0 atom stereocenters. The lowest BCUT2D eigenvalue weighted by atomic mass is 10.1. The summed E-state index contributed by atoms with van der Waals surface area (Å²) in [7, 11) is 0. The van der Waals surface area contributed by atoms with Crippen molar-refractivity contribution in [1.29, 1.82) is 0 Å². The molecular weight excluding hydrogens is 333 g/mol. The molecule has 0 aliphatic rings. The Labute approximate surface area is 114 Å². The van der Waals surface area contributed by atoms with Gasteiger partial charge in [0, 0.05) is 9.99 Å². The Balaban J connectivity index is 2.21. The van der Waals surface area contributed by atoms with Crippen LogP contribution in [0.2, 0.25) is 0 Å². The molecule has 17 heavy (non-hydrogen) atoms. The van der Waals surface area contributed by atoms with Gasteiger partial charge in [0.15, 0.2) is 0 Å². The molecule has 2 N–H and O–H groups in total. The van der Waals surface area contributed by atoms with Crippen LogP contribution >= 0.6 is 22.6 Å². The highest BCUT2D eigenvalue weighted by Crippen LogP contribution is 2.09. The quantitative estimate of drug-likeness (QED) is 0.772. The predicted molar refractivity (Wildman–Crippen MR) is 72.7 cm³/mol. The van der Waals surface area contributed by atoms with Gasteiger partial charge in [-0.15, -0.1) is 0 Å². The maximum absolute atomic E-state index is 11.2. The molecule has 0 saturated heterocycles. The average molecular weight is 347 g/mol. The highest BCUT2D eigenvalue weighted by atomic mass is 127. The van der Waals surface area contributed by atoms with E-state index >= 15 is 0 Å². The van der Waals surface area contributed by atoms with Crippen LogP contribution in [0.5, 0.6) is 0 Å². The third-order valence-corrected chi connectivity index (χ3v) is 2.94. The summed E-state index contributed by atoms with van der Waals surface area (Å²) in [5.41, 5.74) is 1.19. The summed E-state index contributed by atoms with van der Waals surface area (Å²) in [4.78, 5) is 21.4. The molecule has 0 aliphatic carbocycles. The fourth-order valence-electron chi connectivity index (χ4n) is 1.37. The van der Waals surface area contributed by atoms with E-state index in [1.54, 1.807) is 0 Å². The molecule has 1 rings (SSSR count). The second kappa shape index (κ2) is 7.26. The number of hydrogen-bond acceptors (Lipinski definition) is 2. The summed E-state index contributed by atoms with van der Waals surface area (Å²) in [6, 6.07) is 8.13. The standard InChI is InChI=1S/C12H14INO3/c13-10-6-4-9(5-7-10)2-1-3-11(15)14-8-12(16)17/h4-7H,1-3,8H2,(H,14,15)(H,16,17). The SMILES string of the molecule is O=C(O)CNC(=O)CCCc1ccc(I)cc1. The second-order valence-electron chi connectivity index (χ2n) is 3.65. The van der Waals surface area contributed by atoms with Crippen molar-refractivity contribution in [3.8, 4) is 0 Å². The normalized spacial score (nSPS) is 9.94. The first-order chi connectivity index (χ1) is 8.08. The number of rotatable bonds is 6. The van der Waals surface area contributed by atoms with Crippen LogP contribution in [-0.2, 0) is 16.0 Å². The van der Waals surface area contributed by atoms with E-state index < -0.39 is 5.97 Å². The van der Waals surface area contributed by atoms with Crippen LogP contribution in [0.4, 0.5) is 0 Å². The second-order valence-corrected chi connectivity index (χ2v) is 4.90. The van der Waals surface area contributed by atoms with Crippen molar-refractivity contribution in [2.45, 2.75) is 19.3 Å². The van der Waals surface area contributed by atoms with Gasteiger partial charge in [0.25, 0.3) is 0 Å². The highest BCUT2D eigenvalue weighted by molar-refractivity contribution is 14.1. The van der Waals surface area contributed by atoms with E-state index in [2.05, 4.69) is 27.9 Å². The van der Waals surface area contributed by atoms with Crippen molar-refractivity contribution in [2.24, 2.45) is 0 Å². The highest BCUT2D eigenvalue weighted by Gasteiger charge is 2.03. The maximum atomic E-state index is 11.2. The minimum absolute atomic E-state index is 0.210. The number of hydrogen-bond donors (Lipinski definition) is 2. The van der Waals surface area contributed by atoms with Crippen LogP contribution in [0.1, 0.15) is 18.4 Å². The Morgan fingerprint density at radius 1 is 1.24 bits per heavy atom. The van der Waals surface area contributed by atoms with Gasteiger partial charge in [-0.25, -0.2) is 0 Å². The monoisotopic (exact) mass is 347 g/mol. The van der Waals surface area contributed by atoms with Gasteiger partial charge in [-0.1, -0.05) is 12.1 Å². The zero-order valence-electron chi connectivity index (χ0n) is 9.28. The molecule has 0 heterocycles. The zero-order chi connectivity index (χ0) is 12.7. The molecule has 1 aromatic rings. The number of amides is 1. The van der Waals surface area contributed by atoms with Crippen molar-refractivity contribution in [1.82, 2.24) is 5.32 Å². The lowest BCUT2D eigenvalue weighted by Crippen LogP contribution is -2.28. The predicted octanol–water partition coefficient (Wildman–Crippen LogP) is 1.81. The average Bonchev–Trinajstić information content (AvgIpc) is 2.29. The van der Waals surface area contributed by atoms with Gasteiger partial charge in [0.2, 0.25) is 5.91 Å².